The third-order valence-corrected chi connectivity index (χ3v) is 3.86. The third kappa shape index (κ3) is 4.02. The van der Waals surface area contributed by atoms with Gasteiger partial charge in [0.1, 0.15) is 11.6 Å². The highest BCUT2D eigenvalue weighted by atomic mass is 16.1. The Labute approximate surface area is 115 Å². The number of hydrogen-bond donors (Lipinski definition) is 0. The lowest BCUT2D eigenvalue weighted by Crippen LogP contribution is -2.21. The van der Waals surface area contributed by atoms with Gasteiger partial charge in [0.15, 0.2) is 0 Å². The van der Waals surface area contributed by atoms with Gasteiger partial charge in [0, 0.05) is 12.8 Å². The molecule has 1 aromatic rings. The molecule has 0 aromatic heterocycles. The van der Waals surface area contributed by atoms with Crippen LogP contribution in [0.5, 0.6) is 0 Å². The number of hydrogen-bond acceptors (Lipinski definition) is 2. The van der Waals surface area contributed by atoms with Crippen LogP contribution in [0.2, 0.25) is 0 Å². The van der Waals surface area contributed by atoms with E-state index in [9.17, 15) is 9.59 Å². The van der Waals surface area contributed by atoms with E-state index < -0.39 is 0 Å². The summed E-state index contributed by atoms with van der Waals surface area (Å²) in [4.78, 5) is 23.0. The van der Waals surface area contributed by atoms with Crippen LogP contribution < -0.4 is 0 Å². The standard InChI is InChI=1S/C17H22O2/c1-2-3-4-5-13-6-8-14(9-7-13)15-10-16(18)12-17(19)11-15/h6-9,15H,2-5,10-12H2,1H3. The molecule has 0 atom stereocenters. The lowest BCUT2D eigenvalue weighted by molar-refractivity contribution is -0.130. The van der Waals surface area contributed by atoms with Gasteiger partial charge in [-0.05, 0) is 29.9 Å². The number of carbonyl (C=O) groups excluding carboxylic acids is 2. The second kappa shape index (κ2) is 6.65. The molecule has 0 saturated heterocycles. The van der Waals surface area contributed by atoms with Gasteiger partial charge in [-0.1, -0.05) is 44.0 Å². The van der Waals surface area contributed by atoms with Crippen molar-refractivity contribution >= 4 is 11.6 Å². The molecular weight excluding hydrogens is 236 g/mol. The molecule has 1 aliphatic carbocycles. The minimum absolute atomic E-state index is 0.0910. The molecule has 2 rings (SSSR count). The molecule has 0 aliphatic heterocycles. The number of aryl methyl sites for hydroxylation is 1. The number of ketones is 2. The summed E-state index contributed by atoms with van der Waals surface area (Å²) in [5.74, 6) is 0.292. The van der Waals surface area contributed by atoms with Gasteiger partial charge >= 0.3 is 0 Å². The highest BCUT2D eigenvalue weighted by Gasteiger charge is 2.26. The fraction of sp³-hybridized carbons (Fsp3) is 0.529. The van der Waals surface area contributed by atoms with Crippen LogP contribution in [0, 0.1) is 0 Å². The molecule has 19 heavy (non-hydrogen) atoms. The lowest BCUT2D eigenvalue weighted by atomic mass is 9.82. The molecule has 1 fully saturated rings. The molecule has 0 heterocycles. The number of carbonyl (C=O) groups is 2. The van der Waals surface area contributed by atoms with Crippen molar-refractivity contribution in [2.45, 2.75) is 57.8 Å². The van der Waals surface area contributed by atoms with Gasteiger partial charge in [0.05, 0.1) is 6.42 Å². The SMILES string of the molecule is CCCCCc1ccc(C2CC(=O)CC(=O)C2)cc1. The van der Waals surface area contributed by atoms with E-state index in [0.717, 1.165) is 12.0 Å². The van der Waals surface area contributed by atoms with E-state index in [1.807, 2.05) is 0 Å². The Hall–Kier alpha value is -1.44. The van der Waals surface area contributed by atoms with Gasteiger partial charge in [0.2, 0.25) is 0 Å². The van der Waals surface area contributed by atoms with Gasteiger partial charge in [0.25, 0.3) is 0 Å². The van der Waals surface area contributed by atoms with E-state index >= 15 is 0 Å². The Morgan fingerprint density at radius 3 is 2.21 bits per heavy atom. The zero-order chi connectivity index (χ0) is 13.7. The van der Waals surface area contributed by atoms with Crippen LogP contribution in [-0.4, -0.2) is 11.6 Å². The van der Waals surface area contributed by atoms with Crippen molar-refractivity contribution in [3.05, 3.63) is 35.4 Å². The van der Waals surface area contributed by atoms with Crippen LogP contribution in [0.4, 0.5) is 0 Å². The van der Waals surface area contributed by atoms with Crippen LogP contribution >= 0.6 is 0 Å². The second-order valence-electron chi connectivity index (χ2n) is 5.56. The van der Waals surface area contributed by atoms with Crippen LogP contribution in [0.15, 0.2) is 24.3 Å². The van der Waals surface area contributed by atoms with Crippen LogP contribution in [0.1, 0.15) is 62.5 Å². The molecule has 1 saturated carbocycles. The first-order chi connectivity index (χ1) is 9.19. The van der Waals surface area contributed by atoms with Crippen molar-refractivity contribution in [2.24, 2.45) is 0 Å². The Morgan fingerprint density at radius 1 is 1.00 bits per heavy atom. The Balaban J connectivity index is 1.97. The summed E-state index contributed by atoms with van der Waals surface area (Å²) in [6.45, 7) is 2.21. The predicted molar refractivity (Wildman–Crippen MR) is 76.3 cm³/mol. The summed E-state index contributed by atoms with van der Waals surface area (Å²) in [5.41, 5.74) is 2.49. The molecular formula is C17H22O2. The molecule has 0 bridgehead atoms. The summed E-state index contributed by atoms with van der Waals surface area (Å²) in [6.07, 6.45) is 6.07. The molecule has 0 amide bonds. The van der Waals surface area contributed by atoms with Crippen molar-refractivity contribution in [1.82, 2.24) is 0 Å². The predicted octanol–water partition coefficient (Wildman–Crippen LogP) is 3.83. The van der Waals surface area contributed by atoms with Crippen molar-refractivity contribution in [3.63, 3.8) is 0 Å². The minimum Gasteiger partial charge on any atom is -0.299 e. The van der Waals surface area contributed by atoms with E-state index in [0.29, 0.717) is 12.8 Å². The van der Waals surface area contributed by atoms with Crippen molar-refractivity contribution in [1.29, 1.82) is 0 Å². The van der Waals surface area contributed by atoms with E-state index in [1.54, 1.807) is 0 Å². The monoisotopic (exact) mass is 258 g/mol. The quantitative estimate of drug-likeness (QED) is 0.594. The summed E-state index contributed by atoms with van der Waals surface area (Å²) in [5, 5.41) is 0. The van der Waals surface area contributed by atoms with Gasteiger partial charge < -0.3 is 0 Å². The number of benzene rings is 1. The molecule has 0 unspecified atom stereocenters. The van der Waals surface area contributed by atoms with E-state index in [4.69, 9.17) is 0 Å². The molecule has 0 N–H and O–H groups in total. The van der Waals surface area contributed by atoms with Crippen molar-refractivity contribution in [3.8, 4) is 0 Å². The maximum atomic E-state index is 11.5. The maximum Gasteiger partial charge on any atom is 0.140 e. The molecule has 0 spiro atoms. The summed E-state index contributed by atoms with van der Waals surface area (Å²) >= 11 is 0. The normalized spacial score (nSPS) is 16.9. The molecule has 0 radical (unpaired) electrons. The topological polar surface area (TPSA) is 34.1 Å². The Bertz CT molecular complexity index is 429. The summed E-state index contributed by atoms with van der Waals surface area (Å²) < 4.78 is 0. The first kappa shape index (κ1) is 14.0. The van der Waals surface area contributed by atoms with Gasteiger partial charge in [-0.2, -0.15) is 0 Å². The average molecular weight is 258 g/mol. The minimum atomic E-state index is 0.0910. The molecule has 1 aromatic carbocycles. The molecule has 102 valence electrons. The highest BCUT2D eigenvalue weighted by molar-refractivity contribution is 6.02. The maximum absolute atomic E-state index is 11.5. The lowest BCUT2D eigenvalue weighted by Gasteiger charge is -2.20. The fourth-order valence-electron chi connectivity index (χ4n) is 2.76. The van der Waals surface area contributed by atoms with E-state index in [-0.39, 0.29) is 23.9 Å². The summed E-state index contributed by atoms with van der Waals surface area (Å²) in [7, 11) is 0. The average Bonchev–Trinajstić information content (AvgIpc) is 2.39. The van der Waals surface area contributed by atoms with Crippen LogP contribution in [-0.2, 0) is 16.0 Å². The van der Waals surface area contributed by atoms with Gasteiger partial charge in [-0.3, -0.25) is 9.59 Å². The second-order valence-corrected chi connectivity index (χ2v) is 5.56. The first-order valence-electron chi connectivity index (χ1n) is 7.31. The van der Waals surface area contributed by atoms with Gasteiger partial charge in [-0.15, -0.1) is 0 Å². The molecule has 1 aliphatic rings. The van der Waals surface area contributed by atoms with E-state index in [2.05, 4.69) is 31.2 Å². The van der Waals surface area contributed by atoms with Crippen LogP contribution in [0.25, 0.3) is 0 Å². The molecule has 2 heteroatoms. The smallest absolute Gasteiger partial charge is 0.140 e. The summed E-state index contributed by atoms with van der Waals surface area (Å²) in [6, 6.07) is 8.48. The largest absolute Gasteiger partial charge is 0.299 e. The van der Waals surface area contributed by atoms with E-state index in [1.165, 1.54) is 24.8 Å². The molecule has 2 nitrogen and oxygen atoms in total. The highest BCUT2D eigenvalue weighted by Crippen LogP contribution is 2.29. The van der Waals surface area contributed by atoms with Crippen LogP contribution in [0.3, 0.4) is 0 Å². The number of Topliss-reactive ketones (excluding diaryl/α,β-unsaturated/α-hetero) is 2. The zero-order valence-electron chi connectivity index (χ0n) is 11.7. The Morgan fingerprint density at radius 2 is 1.63 bits per heavy atom. The van der Waals surface area contributed by atoms with Crippen molar-refractivity contribution < 1.29 is 9.59 Å². The first-order valence-corrected chi connectivity index (χ1v) is 7.31. The van der Waals surface area contributed by atoms with Crippen molar-refractivity contribution in [2.75, 3.05) is 0 Å². The number of unbranched alkanes of at least 4 members (excludes halogenated alkanes) is 2. The Kier molecular flexibility index (Phi) is 4.89. The zero-order valence-corrected chi connectivity index (χ0v) is 11.7. The van der Waals surface area contributed by atoms with Gasteiger partial charge in [-0.25, -0.2) is 0 Å². The fourth-order valence-corrected chi connectivity index (χ4v) is 2.76. The third-order valence-electron chi connectivity index (χ3n) is 3.86. The number of rotatable bonds is 5.